The predicted octanol–water partition coefficient (Wildman–Crippen LogP) is 5.93. The molecule has 2 aromatic rings. The van der Waals surface area contributed by atoms with Crippen molar-refractivity contribution in [2.75, 3.05) is 66.6 Å². The van der Waals surface area contributed by atoms with Gasteiger partial charge in [-0.25, -0.2) is 0 Å². The molecule has 0 aromatic heterocycles. The second-order valence-corrected chi connectivity index (χ2v) is 13.7. The highest BCUT2D eigenvalue weighted by Crippen LogP contribution is 2.58. The van der Waals surface area contributed by atoms with Gasteiger partial charge in [0.2, 0.25) is 0 Å². The highest BCUT2D eigenvalue weighted by molar-refractivity contribution is 5.85. The molecule has 3 fully saturated rings. The van der Waals surface area contributed by atoms with E-state index in [2.05, 4.69) is 14.1 Å². The van der Waals surface area contributed by atoms with E-state index in [4.69, 9.17) is 9.47 Å². The van der Waals surface area contributed by atoms with E-state index >= 15 is 0 Å². The Hall–Kier alpha value is -2.70. The van der Waals surface area contributed by atoms with Crippen LogP contribution in [-0.2, 0) is 19.1 Å². The number of quaternary nitrogens is 2. The van der Waals surface area contributed by atoms with Crippen molar-refractivity contribution in [3.8, 4) is 0 Å². The predicted molar refractivity (Wildman–Crippen MR) is 166 cm³/mol. The summed E-state index contributed by atoms with van der Waals surface area (Å²) in [7, 11) is 4.66. The summed E-state index contributed by atoms with van der Waals surface area (Å²) in [6.45, 7) is 7.78. The summed E-state index contributed by atoms with van der Waals surface area (Å²) in [6, 6.07) is 20.1. The summed E-state index contributed by atoms with van der Waals surface area (Å²) in [4.78, 5) is 27.6. The molecule has 1 saturated carbocycles. The number of hydrogen-bond donors (Lipinski definition) is 0. The zero-order chi connectivity index (χ0) is 29.4. The summed E-state index contributed by atoms with van der Waals surface area (Å²) in [5.41, 5.74) is 2.01. The molecule has 228 valence electrons. The number of hydrogen-bond acceptors (Lipinski definition) is 4. The van der Waals surface area contributed by atoms with Crippen molar-refractivity contribution >= 4 is 11.9 Å². The lowest BCUT2D eigenvalue weighted by atomic mass is 9.52. The lowest BCUT2D eigenvalue weighted by molar-refractivity contribution is -0.914. The minimum absolute atomic E-state index is 0.189. The first-order valence-electron chi connectivity index (χ1n) is 16.5. The Labute approximate surface area is 253 Å². The van der Waals surface area contributed by atoms with Gasteiger partial charge >= 0.3 is 11.9 Å². The molecule has 0 N–H and O–H groups in total. The molecule has 2 aliphatic heterocycles. The van der Waals surface area contributed by atoms with Crippen LogP contribution >= 0.6 is 0 Å². The Morgan fingerprint density at radius 3 is 1.31 bits per heavy atom. The molecular weight excluding hydrogens is 524 g/mol. The maximum atomic E-state index is 13.8. The molecule has 0 radical (unpaired) electrons. The number of esters is 2. The van der Waals surface area contributed by atoms with Crippen LogP contribution in [0.4, 0.5) is 0 Å². The fourth-order valence-corrected chi connectivity index (χ4v) is 7.94. The molecule has 2 aromatic carbocycles. The fourth-order valence-electron chi connectivity index (χ4n) is 7.94. The van der Waals surface area contributed by atoms with Gasteiger partial charge in [0.25, 0.3) is 0 Å². The number of carbonyl (C=O) groups is 2. The van der Waals surface area contributed by atoms with Crippen LogP contribution < -0.4 is 0 Å². The summed E-state index contributed by atoms with van der Waals surface area (Å²) < 4.78 is 14.1. The van der Waals surface area contributed by atoms with Gasteiger partial charge in [-0.15, -0.1) is 0 Å². The van der Waals surface area contributed by atoms with E-state index in [1.54, 1.807) is 0 Å². The van der Waals surface area contributed by atoms with Crippen LogP contribution in [0.5, 0.6) is 0 Å². The van der Waals surface area contributed by atoms with Crippen LogP contribution in [0, 0.1) is 11.8 Å². The maximum Gasteiger partial charge on any atom is 0.310 e. The first-order valence-corrected chi connectivity index (χ1v) is 16.5. The molecule has 1 aliphatic carbocycles. The Kier molecular flexibility index (Phi) is 10.4. The Morgan fingerprint density at radius 2 is 0.952 bits per heavy atom. The van der Waals surface area contributed by atoms with E-state index in [0.717, 1.165) is 46.0 Å². The fraction of sp³-hybridized carbons (Fsp3) is 0.611. The third-order valence-electron chi connectivity index (χ3n) is 10.4. The third kappa shape index (κ3) is 7.44. The standard InChI is InChI=1S/C36H52N2O4/c1-37(21-11-5-12-22-37)25-15-27-41-35(39)33-31(29-17-7-3-8-18-29)34(32(33)30-19-9-4-10-20-30)36(40)42-28-16-26-38(2)23-13-6-14-24-38/h3-4,7-10,17-20,31-34H,5-6,11-16,21-28H2,1-2H3/q+2. The van der Waals surface area contributed by atoms with Gasteiger partial charge in [-0.05, 0) is 49.7 Å². The van der Waals surface area contributed by atoms with Gasteiger partial charge < -0.3 is 18.4 Å². The van der Waals surface area contributed by atoms with Crippen LogP contribution in [0.3, 0.4) is 0 Å². The second-order valence-electron chi connectivity index (χ2n) is 13.7. The van der Waals surface area contributed by atoms with Crippen LogP contribution in [0.2, 0.25) is 0 Å². The molecule has 42 heavy (non-hydrogen) atoms. The first-order chi connectivity index (χ1) is 20.4. The van der Waals surface area contributed by atoms with Crippen molar-refractivity contribution in [1.29, 1.82) is 0 Å². The topological polar surface area (TPSA) is 52.6 Å². The number of benzene rings is 2. The van der Waals surface area contributed by atoms with E-state index in [1.165, 1.54) is 64.7 Å². The molecule has 6 heteroatoms. The molecule has 5 rings (SSSR count). The zero-order valence-electron chi connectivity index (χ0n) is 25.9. The van der Waals surface area contributed by atoms with Crippen molar-refractivity contribution in [3.05, 3.63) is 71.8 Å². The monoisotopic (exact) mass is 576 g/mol. The zero-order valence-corrected chi connectivity index (χ0v) is 25.9. The third-order valence-corrected chi connectivity index (χ3v) is 10.4. The van der Waals surface area contributed by atoms with Gasteiger partial charge in [0.05, 0.1) is 78.4 Å². The van der Waals surface area contributed by atoms with Crippen LogP contribution in [0.15, 0.2) is 60.7 Å². The van der Waals surface area contributed by atoms with Gasteiger partial charge in [-0.1, -0.05) is 60.7 Å². The average molecular weight is 577 g/mol. The molecular formula is C36H52N2O4+2. The smallest absolute Gasteiger partial charge is 0.310 e. The van der Waals surface area contributed by atoms with Crippen LogP contribution in [-0.4, -0.2) is 87.5 Å². The average Bonchev–Trinajstić information content (AvgIpc) is 2.99. The van der Waals surface area contributed by atoms with Crippen molar-refractivity contribution in [1.82, 2.24) is 0 Å². The second kappa shape index (κ2) is 14.2. The van der Waals surface area contributed by atoms with Gasteiger partial charge in [0.1, 0.15) is 0 Å². The molecule has 0 spiro atoms. The van der Waals surface area contributed by atoms with E-state index < -0.39 is 11.8 Å². The van der Waals surface area contributed by atoms with Gasteiger partial charge in [0.15, 0.2) is 0 Å². The Bertz CT molecular complexity index is 1040. The highest BCUT2D eigenvalue weighted by atomic mass is 16.5. The molecule has 0 atom stereocenters. The van der Waals surface area contributed by atoms with Crippen molar-refractivity contribution in [2.45, 2.75) is 63.2 Å². The van der Waals surface area contributed by atoms with E-state index in [0.29, 0.717) is 13.2 Å². The number of ether oxygens (including phenoxy) is 2. The first kappa shape index (κ1) is 30.7. The van der Waals surface area contributed by atoms with Crippen molar-refractivity contribution in [3.63, 3.8) is 0 Å². The van der Waals surface area contributed by atoms with E-state index in [1.807, 2.05) is 60.7 Å². The molecule has 2 heterocycles. The Morgan fingerprint density at radius 1 is 0.595 bits per heavy atom. The quantitative estimate of drug-likeness (QED) is 0.179. The Balaban J connectivity index is 1.27. The van der Waals surface area contributed by atoms with Gasteiger partial charge in [-0.3, -0.25) is 9.59 Å². The molecule has 2 saturated heterocycles. The lowest BCUT2D eigenvalue weighted by Crippen LogP contribution is -2.52. The number of nitrogens with zero attached hydrogens (tertiary/aromatic N) is 2. The summed E-state index contributed by atoms with van der Waals surface area (Å²) in [5, 5.41) is 0. The molecule has 0 bridgehead atoms. The minimum atomic E-state index is -0.412. The molecule has 3 aliphatic rings. The summed E-state index contributed by atoms with van der Waals surface area (Å²) >= 11 is 0. The van der Waals surface area contributed by atoms with E-state index in [-0.39, 0.29) is 23.8 Å². The van der Waals surface area contributed by atoms with Crippen LogP contribution in [0.1, 0.15) is 74.3 Å². The highest BCUT2D eigenvalue weighted by Gasteiger charge is 2.59. The largest absolute Gasteiger partial charge is 0.465 e. The number of carbonyl (C=O) groups excluding carboxylic acids is 2. The minimum Gasteiger partial charge on any atom is -0.465 e. The maximum absolute atomic E-state index is 13.8. The molecule has 0 amide bonds. The molecule has 0 unspecified atom stereocenters. The SMILES string of the molecule is C[N+]1(CCCOC(=O)C2C(c3ccccc3)C(C(=O)OCCC[N+]3(C)CCCCC3)C2c2ccccc2)CCCCC1. The van der Waals surface area contributed by atoms with Crippen molar-refractivity contribution < 1.29 is 28.0 Å². The van der Waals surface area contributed by atoms with Gasteiger partial charge in [0, 0.05) is 24.7 Å². The number of piperidine rings is 2. The van der Waals surface area contributed by atoms with Gasteiger partial charge in [-0.2, -0.15) is 0 Å². The number of rotatable bonds is 12. The lowest BCUT2D eigenvalue weighted by Gasteiger charge is -2.49. The van der Waals surface area contributed by atoms with Crippen LogP contribution in [0.25, 0.3) is 0 Å². The normalized spacial score (nSPS) is 26.5. The summed E-state index contributed by atoms with van der Waals surface area (Å²) in [6.07, 6.45) is 9.52. The molecule has 6 nitrogen and oxygen atoms in total. The van der Waals surface area contributed by atoms with Crippen molar-refractivity contribution in [2.24, 2.45) is 11.8 Å². The van der Waals surface area contributed by atoms with E-state index in [9.17, 15) is 9.59 Å². The number of likely N-dealkylation sites (tertiary alicyclic amines) is 2. The summed E-state index contributed by atoms with van der Waals surface area (Å²) in [5.74, 6) is -1.71.